The molecule has 3 heterocycles. The lowest BCUT2D eigenvalue weighted by Gasteiger charge is -2.03. The first-order valence-electron chi connectivity index (χ1n) is 7.26. The van der Waals surface area contributed by atoms with E-state index in [1.807, 2.05) is 54.6 Å². The molecule has 0 saturated heterocycles. The number of hydrogen-bond acceptors (Lipinski definition) is 3. The van der Waals surface area contributed by atoms with Gasteiger partial charge in [0.15, 0.2) is 5.65 Å². The van der Waals surface area contributed by atoms with Gasteiger partial charge in [-0.1, -0.05) is 30.3 Å². The van der Waals surface area contributed by atoms with Crippen molar-refractivity contribution in [3.63, 3.8) is 0 Å². The molecule has 110 valence electrons. The van der Waals surface area contributed by atoms with Gasteiger partial charge in [0.1, 0.15) is 5.39 Å². The molecule has 0 bridgehead atoms. The van der Waals surface area contributed by atoms with Crippen LogP contribution in [-0.4, -0.2) is 24.1 Å². The van der Waals surface area contributed by atoms with Gasteiger partial charge in [-0.3, -0.25) is 9.89 Å². The zero-order valence-corrected chi connectivity index (χ0v) is 12.0. The van der Waals surface area contributed by atoms with Gasteiger partial charge in [0, 0.05) is 6.20 Å². The Kier molecular flexibility index (Phi) is 2.27. The number of hydrogen-bond donors (Lipinski definition) is 1. The minimum absolute atomic E-state index is 0.121. The van der Waals surface area contributed by atoms with E-state index in [1.54, 1.807) is 15.3 Å². The molecule has 23 heavy (non-hydrogen) atoms. The Morgan fingerprint density at radius 2 is 1.70 bits per heavy atom. The molecule has 5 rings (SSSR count). The number of rotatable bonds is 1. The predicted molar refractivity (Wildman–Crippen MR) is 87.9 cm³/mol. The second-order valence-corrected chi connectivity index (χ2v) is 5.33. The van der Waals surface area contributed by atoms with Crippen molar-refractivity contribution in [3.8, 4) is 5.69 Å². The molecular weight excluding hydrogens is 290 g/mol. The molecule has 0 radical (unpaired) electrons. The topological polar surface area (TPSA) is 68.0 Å². The highest BCUT2D eigenvalue weighted by Crippen LogP contribution is 2.18. The third-order valence-electron chi connectivity index (χ3n) is 3.99. The summed E-state index contributed by atoms with van der Waals surface area (Å²) in [6, 6.07) is 17.3. The highest BCUT2D eigenvalue weighted by molar-refractivity contribution is 5.84. The molecule has 0 aliphatic carbocycles. The zero-order valence-electron chi connectivity index (χ0n) is 12.0. The predicted octanol–water partition coefficient (Wildman–Crippen LogP) is 2.51. The molecular formula is C17H11N5O. The van der Waals surface area contributed by atoms with Gasteiger partial charge in [0.2, 0.25) is 5.78 Å². The smallest absolute Gasteiger partial charge is 0.270 e. The van der Waals surface area contributed by atoms with Gasteiger partial charge in [0.05, 0.1) is 16.7 Å². The molecule has 0 spiro atoms. The van der Waals surface area contributed by atoms with Gasteiger partial charge in [-0.25, -0.2) is 14.1 Å². The van der Waals surface area contributed by atoms with E-state index in [4.69, 9.17) is 0 Å². The van der Waals surface area contributed by atoms with Crippen LogP contribution in [0.2, 0.25) is 0 Å². The van der Waals surface area contributed by atoms with Crippen LogP contribution in [0, 0.1) is 0 Å². The Balaban J connectivity index is 1.95. The Hall–Kier alpha value is -3.41. The largest absolute Gasteiger partial charge is 0.299 e. The molecule has 6 heteroatoms. The highest BCUT2D eigenvalue weighted by atomic mass is 16.1. The van der Waals surface area contributed by atoms with Gasteiger partial charge < -0.3 is 0 Å². The van der Waals surface area contributed by atoms with E-state index < -0.39 is 0 Å². The molecule has 0 aliphatic heterocycles. The first-order chi connectivity index (χ1) is 11.3. The van der Waals surface area contributed by atoms with Crippen LogP contribution in [0.5, 0.6) is 0 Å². The quantitative estimate of drug-likeness (QED) is 0.517. The molecule has 0 atom stereocenters. The van der Waals surface area contributed by atoms with Crippen LogP contribution in [0.25, 0.3) is 33.5 Å². The molecule has 0 amide bonds. The van der Waals surface area contributed by atoms with E-state index in [9.17, 15) is 4.79 Å². The van der Waals surface area contributed by atoms with Crippen LogP contribution in [0.15, 0.2) is 65.6 Å². The van der Waals surface area contributed by atoms with Crippen LogP contribution in [0.4, 0.5) is 0 Å². The molecule has 0 aliphatic rings. The number of benzene rings is 2. The standard InChI is InChI=1S/C17H11N5O/c23-16-12-10-18-22(11-6-2-1-3-7-11)15(12)20-17-19-13-8-4-5-9-14(13)21(16)17/h1-10,18H. The van der Waals surface area contributed by atoms with Gasteiger partial charge in [-0.2, -0.15) is 4.98 Å². The molecule has 0 fully saturated rings. The molecule has 2 aromatic carbocycles. The van der Waals surface area contributed by atoms with Crippen molar-refractivity contribution >= 4 is 27.8 Å². The SMILES string of the molecule is O=c1c2c[nH]n(-c3ccccc3)c2nc2nc3ccccc3n12. The van der Waals surface area contributed by atoms with Gasteiger partial charge in [-0.15, -0.1) is 0 Å². The summed E-state index contributed by atoms with van der Waals surface area (Å²) in [6.07, 6.45) is 1.69. The van der Waals surface area contributed by atoms with Gasteiger partial charge >= 0.3 is 0 Å². The lowest BCUT2D eigenvalue weighted by atomic mass is 10.3. The Morgan fingerprint density at radius 3 is 2.57 bits per heavy atom. The van der Waals surface area contributed by atoms with Crippen molar-refractivity contribution in [3.05, 3.63) is 71.1 Å². The Bertz CT molecular complexity index is 1230. The average molecular weight is 301 g/mol. The minimum Gasteiger partial charge on any atom is -0.299 e. The fraction of sp³-hybridized carbons (Fsp3) is 0. The summed E-state index contributed by atoms with van der Waals surface area (Å²) < 4.78 is 3.34. The van der Waals surface area contributed by atoms with Gasteiger partial charge in [0.25, 0.3) is 5.56 Å². The maximum atomic E-state index is 12.9. The van der Waals surface area contributed by atoms with Crippen LogP contribution in [-0.2, 0) is 0 Å². The second-order valence-electron chi connectivity index (χ2n) is 5.33. The lowest BCUT2D eigenvalue weighted by molar-refractivity contribution is 0.896. The van der Waals surface area contributed by atoms with E-state index in [-0.39, 0.29) is 5.56 Å². The number of aromatic amines is 1. The fourth-order valence-corrected chi connectivity index (χ4v) is 2.92. The Morgan fingerprint density at radius 1 is 0.913 bits per heavy atom. The van der Waals surface area contributed by atoms with Crippen LogP contribution >= 0.6 is 0 Å². The summed E-state index contributed by atoms with van der Waals surface area (Å²) in [4.78, 5) is 21.9. The maximum absolute atomic E-state index is 12.9. The van der Waals surface area contributed by atoms with Crippen molar-refractivity contribution in [1.29, 1.82) is 0 Å². The van der Waals surface area contributed by atoms with Crippen molar-refractivity contribution in [2.75, 3.05) is 0 Å². The summed E-state index contributed by atoms with van der Waals surface area (Å²) in [6.45, 7) is 0. The van der Waals surface area contributed by atoms with E-state index in [0.717, 1.165) is 16.7 Å². The van der Waals surface area contributed by atoms with E-state index in [2.05, 4.69) is 15.1 Å². The molecule has 1 N–H and O–H groups in total. The monoisotopic (exact) mass is 301 g/mol. The van der Waals surface area contributed by atoms with Crippen molar-refractivity contribution in [1.82, 2.24) is 24.1 Å². The number of H-pyrrole nitrogens is 1. The number of aromatic nitrogens is 5. The average Bonchev–Trinajstić information content (AvgIpc) is 3.17. The van der Waals surface area contributed by atoms with Crippen LogP contribution in [0.1, 0.15) is 0 Å². The maximum Gasteiger partial charge on any atom is 0.270 e. The van der Waals surface area contributed by atoms with E-state index >= 15 is 0 Å². The number of nitrogens with one attached hydrogen (secondary N) is 1. The molecule has 5 aromatic rings. The number of para-hydroxylation sites is 3. The number of fused-ring (bicyclic) bond motifs is 4. The summed E-state index contributed by atoms with van der Waals surface area (Å²) >= 11 is 0. The summed E-state index contributed by atoms with van der Waals surface area (Å²) in [5.41, 5.74) is 2.90. The molecule has 0 saturated carbocycles. The highest BCUT2D eigenvalue weighted by Gasteiger charge is 2.15. The minimum atomic E-state index is -0.121. The normalized spacial score (nSPS) is 11.7. The van der Waals surface area contributed by atoms with Crippen molar-refractivity contribution in [2.45, 2.75) is 0 Å². The lowest BCUT2D eigenvalue weighted by Crippen LogP contribution is -2.14. The first-order valence-corrected chi connectivity index (χ1v) is 7.26. The zero-order chi connectivity index (χ0) is 15.4. The number of imidazole rings is 1. The summed E-state index contributed by atoms with van der Waals surface area (Å²) in [5.74, 6) is 0.410. The summed E-state index contributed by atoms with van der Waals surface area (Å²) in [5, 5.41) is 3.63. The van der Waals surface area contributed by atoms with E-state index in [0.29, 0.717) is 16.8 Å². The van der Waals surface area contributed by atoms with Crippen molar-refractivity contribution in [2.24, 2.45) is 0 Å². The third-order valence-corrected chi connectivity index (χ3v) is 3.99. The van der Waals surface area contributed by atoms with Crippen LogP contribution in [0.3, 0.4) is 0 Å². The Labute approximate surface area is 129 Å². The van der Waals surface area contributed by atoms with Crippen LogP contribution < -0.4 is 5.56 Å². The number of nitrogens with zero attached hydrogens (tertiary/aromatic N) is 4. The van der Waals surface area contributed by atoms with E-state index in [1.165, 1.54) is 0 Å². The van der Waals surface area contributed by atoms with Crippen molar-refractivity contribution < 1.29 is 0 Å². The second kappa shape index (κ2) is 4.30. The first kappa shape index (κ1) is 12.2. The molecule has 3 aromatic heterocycles. The molecule has 6 nitrogen and oxygen atoms in total. The summed E-state index contributed by atoms with van der Waals surface area (Å²) in [7, 11) is 0. The third kappa shape index (κ3) is 1.60. The molecule has 0 unspecified atom stereocenters. The van der Waals surface area contributed by atoms with Gasteiger partial charge in [-0.05, 0) is 24.3 Å². The fourth-order valence-electron chi connectivity index (χ4n) is 2.92.